The average molecular weight is 387 g/mol. The molecule has 1 amide bonds. The van der Waals surface area contributed by atoms with Crippen LogP contribution in [0.3, 0.4) is 0 Å². The molecular weight excluding hydrogens is 372 g/mol. The Morgan fingerprint density at radius 2 is 1.89 bits per heavy atom. The second kappa shape index (κ2) is 7.59. The van der Waals surface area contributed by atoms with Gasteiger partial charge in [-0.3, -0.25) is 4.79 Å². The van der Waals surface area contributed by atoms with Crippen molar-refractivity contribution in [3.63, 3.8) is 0 Å². The molecule has 0 saturated heterocycles. The van der Waals surface area contributed by atoms with Gasteiger partial charge in [0.25, 0.3) is 5.91 Å². The van der Waals surface area contributed by atoms with Crippen molar-refractivity contribution in [2.24, 2.45) is 0 Å². The Kier molecular flexibility index (Phi) is 4.84. The van der Waals surface area contributed by atoms with Gasteiger partial charge in [0.15, 0.2) is 0 Å². The maximum absolute atomic E-state index is 12.3. The van der Waals surface area contributed by atoms with Crippen LogP contribution in [0.2, 0.25) is 5.02 Å². The SMILES string of the molecule is N#Cc1ccc(COc2cccc(/C=C3/C(=O)Nc4cc(Cl)ccc43)c2)cc1. The van der Waals surface area contributed by atoms with Gasteiger partial charge in [-0.05, 0) is 53.6 Å². The third kappa shape index (κ3) is 3.75. The largest absolute Gasteiger partial charge is 0.489 e. The van der Waals surface area contributed by atoms with Crippen molar-refractivity contribution >= 4 is 34.8 Å². The van der Waals surface area contributed by atoms with Gasteiger partial charge in [0.2, 0.25) is 0 Å². The molecule has 3 aromatic carbocycles. The van der Waals surface area contributed by atoms with Crippen LogP contribution in [0.25, 0.3) is 11.6 Å². The Labute approximate surface area is 167 Å². The molecule has 5 heteroatoms. The van der Waals surface area contributed by atoms with E-state index in [1.807, 2.05) is 48.5 Å². The highest BCUT2D eigenvalue weighted by Gasteiger charge is 2.24. The topological polar surface area (TPSA) is 62.1 Å². The van der Waals surface area contributed by atoms with Crippen LogP contribution in [0.5, 0.6) is 5.75 Å². The molecule has 0 radical (unpaired) electrons. The van der Waals surface area contributed by atoms with Gasteiger partial charge in [0, 0.05) is 16.2 Å². The van der Waals surface area contributed by atoms with Crippen molar-refractivity contribution in [2.75, 3.05) is 5.32 Å². The van der Waals surface area contributed by atoms with Crippen molar-refractivity contribution < 1.29 is 9.53 Å². The number of nitrogens with zero attached hydrogens (tertiary/aromatic N) is 1. The van der Waals surface area contributed by atoms with Gasteiger partial charge in [-0.1, -0.05) is 41.9 Å². The lowest BCUT2D eigenvalue weighted by Crippen LogP contribution is -2.03. The number of anilines is 1. The van der Waals surface area contributed by atoms with Gasteiger partial charge in [-0.2, -0.15) is 5.26 Å². The molecule has 0 aromatic heterocycles. The number of amides is 1. The number of nitrogens with one attached hydrogen (secondary N) is 1. The molecule has 136 valence electrons. The first-order valence-corrected chi connectivity index (χ1v) is 9.05. The van der Waals surface area contributed by atoms with E-state index < -0.39 is 0 Å². The summed E-state index contributed by atoms with van der Waals surface area (Å²) in [6.07, 6.45) is 1.84. The summed E-state index contributed by atoms with van der Waals surface area (Å²) in [4.78, 5) is 12.3. The number of fused-ring (bicyclic) bond motifs is 1. The van der Waals surface area contributed by atoms with Crippen LogP contribution in [-0.4, -0.2) is 5.91 Å². The summed E-state index contributed by atoms with van der Waals surface area (Å²) in [6, 6.07) is 22.3. The number of ether oxygens (including phenoxy) is 1. The van der Waals surface area contributed by atoms with E-state index in [-0.39, 0.29) is 5.91 Å². The monoisotopic (exact) mass is 386 g/mol. The fraction of sp³-hybridized carbons (Fsp3) is 0.0435. The summed E-state index contributed by atoms with van der Waals surface area (Å²) in [5.74, 6) is 0.551. The number of halogens is 1. The molecule has 0 unspecified atom stereocenters. The maximum atomic E-state index is 12.3. The third-order valence-electron chi connectivity index (χ3n) is 4.42. The first-order chi connectivity index (χ1) is 13.6. The number of nitriles is 1. The minimum Gasteiger partial charge on any atom is -0.489 e. The summed E-state index contributed by atoms with van der Waals surface area (Å²) < 4.78 is 5.85. The van der Waals surface area contributed by atoms with Gasteiger partial charge in [-0.15, -0.1) is 0 Å². The molecule has 4 rings (SSSR count). The van der Waals surface area contributed by atoms with E-state index in [9.17, 15) is 4.79 Å². The van der Waals surface area contributed by atoms with Crippen molar-refractivity contribution in [2.45, 2.75) is 6.61 Å². The molecule has 1 N–H and O–H groups in total. The molecule has 28 heavy (non-hydrogen) atoms. The Bertz CT molecular complexity index is 1130. The van der Waals surface area contributed by atoms with Crippen molar-refractivity contribution in [3.8, 4) is 11.8 Å². The number of hydrogen-bond donors (Lipinski definition) is 1. The molecule has 1 aliphatic rings. The molecule has 1 heterocycles. The quantitative estimate of drug-likeness (QED) is 0.620. The van der Waals surface area contributed by atoms with Gasteiger partial charge in [0.05, 0.1) is 17.3 Å². The van der Waals surface area contributed by atoms with E-state index in [4.69, 9.17) is 21.6 Å². The molecule has 0 spiro atoms. The minimum absolute atomic E-state index is 0.152. The number of carbonyl (C=O) groups excluding carboxylic acids is 1. The highest BCUT2D eigenvalue weighted by atomic mass is 35.5. The molecule has 4 nitrogen and oxygen atoms in total. The second-order valence-electron chi connectivity index (χ2n) is 6.37. The van der Waals surface area contributed by atoms with Crippen molar-refractivity contribution in [3.05, 3.63) is 94.0 Å². The van der Waals surface area contributed by atoms with E-state index in [2.05, 4.69) is 11.4 Å². The number of hydrogen-bond acceptors (Lipinski definition) is 3. The third-order valence-corrected chi connectivity index (χ3v) is 4.66. The summed E-state index contributed by atoms with van der Waals surface area (Å²) in [6.45, 7) is 0.396. The second-order valence-corrected chi connectivity index (χ2v) is 6.81. The van der Waals surface area contributed by atoms with Crippen LogP contribution in [0, 0.1) is 11.3 Å². The summed E-state index contributed by atoms with van der Waals surface area (Å²) in [7, 11) is 0. The lowest BCUT2D eigenvalue weighted by molar-refractivity contribution is -0.110. The van der Waals surface area contributed by atoms with Gasteiger partial charge >= 0.3 is 0 Å². The zero-order chi connectivity index (χ0) is 19.5. The molecule has 3 aromatic rings. The first kappa shape index (κ1) is 17.8. The zero-order valence-electron chi connectivity index (χ0n) is 14.8. The van der Waals surface area contributed by atoms with Crippen LogP contribution < -0.4 is 10.1 Å². The predicted molar refractivity (Wildman–Crippen MR) is 110 cm³/mol. The van der Waals surface area contributed by atoms with E-state index in [1.165, 1.54) is 0 Å². The van der Waals surface area contributed by atoms with E-state index >= 15 is 0 Å². The fourth-order valence-corrected chi connectivity index (χ4v) is 3.19. The maximum Gasteiger partial charge on any atom is 0.256 e. The fourth-order valence-electron chi connectivity index (χ4n) is 3.01. The predicted octanol–water partition coefficient (Wildman–Crippen LogP) is 5.28. The van der Waals surface area contributed by atoms with Gasteiger partial charge in [0.1, 0.15) is 12.4 Å². The van der Waals surface area contributed by atoms with Crippen LogP contribution in [0.4, 0.5) is 5.69 Å². The molecule has 0 aliphatic carbocycles. The van der Waals surface area contributed by atoms with Crippen molar-refractivity contribution in [1.82, 2.24) is 0 Å². The van der Waals surface area contributed by atoms with Crippen LogP contribution in [0.15, 0.2) is 66.7 Å². The Morgan fingerprint density at radius 1 is 1.07 bits per heavy atom. The number of benzene rings is 3. The highest BCUT2D eigenvalue weighted by Crippen LogP contribution is 2.35. The highest BCUT2D eigenvalue weighted by molar-refractivity contribution is 6.36. The van der Waals surface area contributed by atoms with Crippen LogP contribution in [-0.2, 0) is 11.4 Å². The van der Waals surface area contributed by atoms with Crippen LogP contribution in [0.1, 0.15) is 22.3 Å². The number of rotatable bonds is 4. The average Bonchev–Trinajstić information content (AvgIpc) is 3.01. The van der Waals surface area contributed by atoms with E-state index in [1.54, 1.807) is 24.3 Å². The standard InChI is InChI=1S/C23H15ClN2O2/c24-18-8-9-20-21(23(27)26-22(20)12-18)11-17-2-1-3-19(10-17)28-14-16-6-4-15(13-25)5-7-16/h1-12H,14H2,(H,26,27)/b21-11+. The molecular formula is C23H15ClN2O2. The van der Waals surface area contributed by atoms with Crippen molar-refractivity contribution in [1.29, 1.82) is 5.26 Å². The minimum atomic E-state index is -0.152. The van der Waals surface area contributed by atoms with Gasteiger partial charge < -0.3 is 10.1 Å². The summed E-state index contributed by atoms with van der Waals surface area (Å²) in [5.41, 5.74) is 4.61. The summed E-state index contributed by atoms with van der Waals surface area (Å²) in [5, 5.41) is 12.3. The Hall–Kier alpha value is -3.55. The van der Waals surface area contributed by atoms with E-state index in [0.717, 1.165) is 22.4 Å². The molecule has 0 bridgehead atoms. The smallest absolute Gasteiger partial charge is 0.256 e. The lowest BCUT2D eigenvalue weighted by atomic mass is 10.0. The number of carbonyl (C=O) groups is 1. The Morgan fingerprint density at radius 3 is 2.68 bits per heavy atom. The van der Waals surface area contributed by atoms with Gasteiger partial charge in [-0.25, -0.2) is 0 Å². The van der Waals surface area contributed by atoms with Crippen LogP contribution >= 0.6 is 11.6 Å². The first-order valence-electron chi connectivity index (χ1n) is 8.67. The Balaban J connectivity index is 1.53. The molecule has 0 fully saturated rings. The van der Waals surface area contributed by atoms with E-state index in [0.29, 0.717) is 28.5 Å². The zero-order valence-corrected chi connectivity index (χ0v) is 15.5. The lowest BCUT2D eigenvalue weighted by Gasteiger charge is -2.07. The summed E-state index contributed by atoms with van der Waals surface area (Å²) >= 11 is 6.00. The molecule has 0 saturated carbocycles. The normalized spacial score (nSPS) is 13.7. The molecule has 0 atom stereocenters. The molecule has 1 aliphatic heterocycles.